The van der Waals surface area contributed by atoms with Crippen LogP contribution in [0, 0.1) is 0 Å². The van der Waals surface area contributed by atoms with Crippen LogP contribution < -0.4 is 11.2 Å². The van der Waals surface area contributed by atoms with Crippen molar-refractivity contribution >= 4 is 48.9 Å². The van der Waals surface area contributed by atoms with Crippen molar-refractivity contribution in [3.63, 3.8) is 0 Å². The van der Waals surface area contributed by atoms with Crippen molar-refractivity contribution in [2.45, 2.75) is 0 Å². The van der Waals surface area contributed by atoms with Crippen molar-refractivity contribution in [3.8, 4) is 0 Å². The van der Waals surface area contributed by atoms with Crippen LogP contribution in [0.15, 0.2) is 15.9 Å². The summed E-state index contributed by atoms with van der Waals surface area (Å²) in [5.74, 6) is 0. The molecule has 0 atom stereocenters. The third-order valence-corrected chi connectivity index (χ3v) is 2.03. The second-order valence-corrected chi connectivity index (χ2v) is 2.81. The summed E-state index contributed by atoms with van der Waals surface area (Å²) in [5.41, 5.74) is 0.0119. The fourth-order valence-corrected chi connectivity index (χ4v) is 1.27. The van der Waals surface area contributed by atoms with Gasteiger partial charge in [0.2, 0.25) is 0 Å². The summed E-state index contributed by atoms with van der Waals surface area (Å²) in [4.78, 5) is 29.4. The van der Waals surface area contributed by atoms with Crippen LogP contribution in [0.4, 0.5) is 0 Å². The van der Waals surface area contributed by atoms with E-state index in [9.17, 15) is 9.59 Å². The number of fused-ring (bicyclic) bond motifs is 1. The molecule has 2 aromatic heterocycles. The zero-order valence-corrected chi connectivity index (χ0v) is 10.2. The predicted molar refractivity (Wildman–Crippen MR) is 52.3 cm³/mol. The number of nitrogens with zero attached hydrogens (tertiary/aromatic N) is 3. The number of nitrogens with one attached hydrogen (secondary N) is 1. The molecule has 2 aromatic rings. The quantitative estimate of drug-likeness (QED) is 0.554. The van der Waals surface area contributed by atoms with Crippen LogP contribution in [-0.4, -0.2) is 56.8 Å². The Morgan fingerprint density at radius 1 is 1.29 bits per heavy atom. The van der Waals surface area contributed by atoms with Crippen molar-refractivity contribution < 1.29 is 0 Å². The number of rotatable bonds is 0. The Morgan fingerprint density at radius 2 is 1.93 bits per heavy atom. The molecule has 2 rings (SSSR count). The van der Waals surface area contributed by atoms with Crippen molar-refractivity contribution in [1.29, 1.82) is 0 Å². The summed E-state index contributed by atoms with van der Waals surface area (Å²) in [6.45, 7) is 0. The third-order valence-electron chi connectivity index (χ3n) is 2.03. The Bertz CT molecular complexity index is 579. The van der Waals surface area contributed by atoms with E-state index in [0.29, 0.717) is 11.2 Å². The van der Waals surface area contributed by atoms with Gasteiger partial charge in [-0.25, -0.2) is 9.78 Å². The van der Waals surface area contributed by atoms with Crippen LogP contribution in [0.3, 0.4) is 0 Å². The Labute approximate surface area is 109 Å². The number of H-pyrrole nitrogens is 1. The van der Waals surface area contributed by atoms with Crippen LogP contribution in [0.25, 0.3) is 11.2 Å². The third kappa shape index (κ3) is 1.43. The van der Waals surface area contributed by atoms with Gasteiger partial charge in [0.1, 0.15) is 5.52 Å². The maximum Gasteiger partial charge on any atom is 0.332 e. The molecule has 1 N–H and O–H groups in total. The predicted octanol–water partition coefficient (Wildman–Crippen LogP) is -1.42. The molecule has 0 aliphatic rings. The van der Waals surface area contributed by atoms with Crippen LogP contribution >= 0.6 is 0 Å². The van der Waals surface area contributed by atoms with Gasteiger partial charge in [0.15, 0.2) is 5.65 Å². The second kappa shape index (κ2) is 3.88. The largest absolute Gasteiger partial charge is 0.339 e. The van der Waals surface area contributed by atoms with Crippen LogP contribution in [0.1, 0.15) is 0 Å². The Kier molecular flexibility index (Phi) is 3.18. The van der Waals surface area contributed by atoms with Crippen molar-refractivity contribution in [2.24, 2.45) is 14.1 Å². The summed E-state index contributed by atoms with van der Waals surface area (Å²) >= 11 is 0. The zero-order chi connectivity index (χ0) is 9.59. The Morgan fingerprint density at radius 3 is 2.57 bits per heavy atom. The molecule has 0 aromatic carbocycles. The minimum absolute atomic E-state index is 0. The average molecular weight is 220 g/mol. The van der Waals surface area contributed by atoms with E-state index in [4.69, 9.17) is 0 Å². The van der Waals surface area contributed by atoms with Gasteiger partial charge in [-0.15, -0.1) is 0 Å². The normalized spacial score (nSPS) is 10.1. The van der Waals surface area contributed by atoms with Gasteiger partial charge in [-0.2, -0.15) is 0 Å². The Balaban J connectivity index is 0.000000980. The van der Waals surface area contributed by atoms with Crippen LogP contribution in [0.2, 0.25) is 0 Å². The SMILES string of the molecule is Cn1c(=O)c2[nH]cnc2n(C)c1=O.[Ca]. The number of imidazole rings is 1. The Hall–Kier alpha value is -0.590. The van der Waals surface area contributed by atoms with Gasteiger partial charge >= 0.3 is 5.69 Å². The van der Waals surface area contributed by atoms with Gasteiger partial charge < -0.3 is 4.98 Å². The molecule has 0 fully saturated rings. The van der Waals surface area contributed by atoms with E-state index < -0.39 is 0 Å². The van der Waals surface area contributed by atoms with Crippen molar-refractivity contribution in [3.05, 3.63) is 27.2 Å². The van der Waals surface area contributed by atoms with E-state index in [1.807, 2.05) is 0 Å². The van der Waals surface area contributed by atoms with Crippen molar-refractivity contribution in [2.75, 3.05) is 0 Å². The smallest absolute Gasteiger partial charge is 0.332 e. The molecule has 0 spiro atoms. The summed E-state index contributed by atoms with van der Waals surface area (Å²) in [6.07, 6.45) is 1.39. The molecule has 2 heterocycles. The van der Waals surface area contributed by atoms with E-state index in [1.165, 1.54) is 17.9 Å². The minimum atomic E-state index is -0.371. The first-order valence-corrected chi connectivity index (χ1v) is 3.72. The summed E-state index contributed by atoms with van der Waals surface area (Å²) in [7, 11) is 3.01. The molecular formula is C7H8CaN4O2. The average Bonchev–Trinajstić information content (AvgIpc) is 2.59. The van der Waals surface area contributed by atoms with Gasteiger partial charge in [-0.3, -0.25) is 13.9 Å². The van der Waals surface area contributed by atoms with Crippen LogP contribution in [0.5, 0.6) is 0 Å². The maximum absolute atomic E-state index is 11.4. The first-order valence-electron chi connectivity index (χ1n) is 3.72. The fraction of sp³-hybridized carbons (Fsp3) is 0.286. The molecule has 0 unspecified atom stereocenters. The maximum atomic E-state index is 11.4. The molecule has 0 bridgehead atoms. The zero-order valence-electron chi connectivity index (χ0n) is 7.94. The van der Waals surface area contributed by atoms with E-state index in [2.05, 4.69) is 9.97 Å². The first kappa shape index (κ1) is 11.5. The van der Waals surface area contributed by atoms with E-state index in [-0.39, 0.29) is 49.0 Å². The molecule has 70 valence electrons. The number of aromatic nitrogens is 4. The van der Waals surface area contributed by atoms with Gasteiger partial charge in [0.25, 0.3) is 5.56 Å². The van der Waals surface area contributed by atoms with Gasteiger partial charge in [0.05, 0.1) is 6.33 Å². The van der Waals surface area contributed by atoms with Crippen LogP contribution in [-0.2, 0) is 14.1 Å². The van der Waals surface area contributed by atoms with Gasteiger partial charge in [-0.05, 0) is 0 Å². The number of hydrogen-bond donors (Lipinski definition) is 1. The molecule has 0 amide bonds. The standard InChI is InChI=1S/C7H8N4O2.Ca/c1-10-5-4(8-3-9-5)6(12)11(2)7(10)13;/h3H,1-2H3,(H,8,9);. The van der Waals surface area contributed by atoms with Gasteiger partial charge in [0, 0.05) is 51.8 Å². The molecule has 2 radical (unpaired) electrons. The number of hydrogen-bond acceptors (Lipinski definition) is 3. The monoisotopic (exact) mass is 220 g/mol. The summed E-state index contributed by atoms with van der Waals surface area (Å²) in [5, 5.41) is 0. The van der Waals surface area contributed by atoms with Gasteiger partial charge in [-0.1, -0.05) is 0 Å². The molecule has 0 aliphatic heterocycles. The fourth-order valence-electron chi connectivity index (χ4n) is 1.27. The molecule has 0 saturated heterocycles. The minimum Gasteiger partial charge on any atom is -0.339 e. The number of aromatic amines is 1. The first-order chi connectivity index (χ1) is 6.13. The van der Waals surface area contributed by atoms with Crippen molar-refractivity contribution in [1.82, 2.24) is 19.1 Å². The second-order valence-electron chi connectivity index (χ2n) is 2.81. The van der Waals surface area contributed by atoms with E-state index in [0.717, 1.165) is 4.57 Å². The molecular weight excluding hydrogens is 212 g/mol. The molecule has 0 aliphatic carbocycles. The number of aryl methyl sites for hydroxylation is 1. The molecule has 0 saturated carbocycles. The molecule has 6 nitrogen and oxygen atoms in total. The van der Waals surface area contributed by atoms with E-state index >= 15 is 0 Å². The summed E-state index contributed by atoms with van der Waals surface area (Å²) in [6, 6.07) is 0. The molecule has 14 heavy (non-hydrogen) atoms. The summed E-state index contributed by atoms with van der Waals surface area (Å²) < 4.78 is 2.37. The van der Waals surface area contributed by atoms with E-state index in [1.54, 1.807) is 7.05 Å². The molecule has 7 heteroatoms. The topological polar surface area (TPSA) is 72.7 Å².